The molecule has 0 atom stereocenters. The van der Waals surface area contributed by atoms with Crippen LogP contribution < -0.4 is 4.90 Å². The number of hydrogen-bond donors (Lipinski definition) is 0. The van der Waals surface area contributed by atoms with Gasteiger partial charge in [0.05, 0.1) is 5.69 Å². The molecule has 0 spiro atoms. The van der Waals surface area contributed by atoms with E-state index >= 15 is 0 Å². The van der Waals surface area contributed by atoms with Crippen molar-refractivity contribution in [3.8, 4) is 0 Å². The highest BCUT2D eigenvalue weighted by atomic mass is 35.5. The smallest absolute Gasteiger partial charge is 0.235 e. The fourth-order valence-electron chi connectivity index (χ4n) is 1.53. The van der Waals surface area contributed by atoms with Crippen LogP contribution in [0.5, 0.6) is 0 Å². The molecule has 4 nitrogen and oxygen atoms in total. The summed E-state index contributed by atoms with van der Waals surface area (Å²) < 4.78 is 13.7. The summed E-state index contributed by atoms with van der Waals surface area (Å²) in [6, 6.07) is 6.33. The first-order valence-corrected chi connectivity index (χ1v) is 5.96. The molecule has 1 aromatic heterocycles. The average Bonchev–Trinajstić information content (AvgIpc) is 2.31. The van der Waals surface area contributed by atoms with Gasteiger partial charge in [0.1, 0.15) is 5.82 Å². The van der Waals surface area contributed by atoms with Gasteiger partial charge in [0.25, 0.3) is 0 Å². The third-order valence-electron chi connectivity index (χ3n) is 2.27. The maximum atomic E-state index is 13.7. The van der Waals surface area contributed by atoms with Gasteiger partial charge in [-0.05, 0) is 42.3 Å². The van der Waals surface area contributed by atoms with E-state index in [4.69, 9.17) is 23.2 Å². The summed E-state index contributed by atoms with van der Waals surface area (Å²) in [5, 5.41) is -0.0559. The van der Waals surface area contributed by atoms with Crippen molar-refractivity contribution in [1.82, 2.24) is 15.0 Å². The Morgan fingerprint density at radius 3 is 2.28 bits per heavy atom. The minimum Gasteiger partial charge on any atom is -0.308 e. The number of para-hydroxylation sites is 1. The van der Waals surface area contributed by atoms with Crippen molar-refractivity contribution in [2.45, 2.75) is 6.92 Å². The highest BCUT2D eigenvalue weighted by Crippen LogP contribution is 2.25. The zero-order chi connectivity index (χ0) is 13.1. The molecular weight excluding hydrogens is 278 g/mol. The fraction of sp³-hybridized carbons (Fsp3) is 0.182. The summed E-state index contributed by atoms with van der Waals surface area (Å²) in [6.07, 6.45) is 0. The van der Waals surface area contributed by atoms with Crippen LogP contribution in [0.4, 0.5) is 16.0 Å². The number of aromatic nitrogens is 3. The van der Waals surface area contributed by atoms with Crippen molar-refractivity contribution < 1.29 is 4.39 Å². The number of halogens is 3. The standard InChI is InChI=1S/C11H9Cl2FN4/c1-2-18(8-6-4-3-5-7(8)14)11-16-9(12)15-10(13)17-11/h3-6H,2H2,1H3. The van der Waals surface area contributed by atoms with Crippen molar-refractivity contribution >= 4 is 34.8 Å². The molecule has 7 heteroatoms. The van der Waals surface area contributed by atoms with Crippen LogP contribution in [0, 0.1) is 5.82 Å². The largest absolute Gasteiger partial charge is 0.308 e. The number of rotatable bonds is 3. The van der Waals surface area contributed by atoms with Crippen LogP contribution in [-0.2, 0) is 0 Å². The van der Waals surface area contributed by atoms with Crippen LogP contribution in [-0.4, -0.2) is 21.5 Å². The average molecular weight is 287 g/mol. The van der Waals surface area contributed by atoms with E-state index < -0.39 is 0 Å². The minimum atomic E-state index is -0.369. The SMILES string of the molecule is CCN(c1nc(Cl)nc(Cl)n1)c1ccccc1F. The first-order chi connectivity index (χ1) is 8.61. The second-order valence-corrected chi connectivity index (χ2v) is 4.05. The Bertz CT molecular complexity index is 544. The Hall–Kier alpha value is -1.46. The molecule has 2 rings (SSSR count). The fourth-order valence-corrected chi connectivity index (χ4v) is 1.88. The lowest BCUT2D eigenvalue weighted by Gasteiger charge is -2.21. The van der Waals surface area contributed by atoms with E-state index in [1.54, 1.807) is 23.1 Å². The third-order valence-corrected chi connectivity index (χ3v) is 2.61. The second-order valence-electron chi connectivity index (χ2n) is 3.37. The normalized spacial score (nSPS) is 10.4. The van der Waals surface area contributed by atoms with Crippen LogP contribution in [0.25, 0.3) is 0 Å². The summed E-state index contributed by atoms with van der Waals surface area (Å²) in [5.74, 6) is -0.153. The maximum absolute atomic E-state index is 13.7. The predicted octanol–water partition coefficient (Wildman–Crippen LogP) is 3.48. The summed E-state index contributed by atoms with van der Waals surface area (Å²) >= 11 is 11.4. The lowest BCUT2D eigenvalue weighted by atomic mass is 10.3. The van der Waals surface area contributed by atoms with Crippen molar-refractivity contribution in [3.05, 3.63) is 40.6 Å². The first-order valence-electron chi connectivity index (χ1n) is 5.21. The summed E-state index contributed by atoms with van der Waals surface area (Å²) in [7, 11) is 0. The summed E-state index contributed by atoms with van der Waals surface area (Å²) in [4.78, 5) is 13.1. The molecule has 0 amide bonds. The van der Waals surface area contributed by atoms with Gasteiger partial charge in [-0.3, -0.25) is 0 Å². The monoisotopic (exact) mass is 286 g/mol. The number of hydrogen-bond acceptors (Lipinski definition) is 4. The highest BCUT2D eigenvalue weighted by molar-refractivity contribution is 6.31. The predicted molar refractivity (Wildman–Crippen MR) is 68.9 cm³/mol. The van der Waals surface area contributed by atoms with E-state index in [1.165, 1.54) is 6.07 Å². The summed E-state index contributed by atoms with van der Waals surface area (Å²) in [5.41, 5.74) is 0.360. The Morgan fingerprint density at radius 2 is 1.72 bits per heavy atom. The Labute approximate surface area is 113 Å². The molecule has 18 heavy (non-hydrogen) atoms. The zero-order valence-corrected chi connectivity index (χ0v) is 11.0. The summed E-state index contributed by atoms with van der Waals surface area (Å²) in [6.45, 7) is 2.32. The molecule has 0 aliphatic heterocycles. The van der Waals surface area contributed by atoms with Crippen LogP contribution in [0.2, 0.25) is 10.6 Å². The molecule has 0 bridgehead atoms. The van der Waals surface area contributed by atoms with E-state index in [9.17, 15) is 4.39 Å². The van der Waals surface area contributed by atoms with Crippen LogP contribution in [0.3, 0.4) is 0 Å². The van der Waals surface area contributed by atoms with E-state index in [2.05, 4.69) is 15.0 Å². The van der Waals surface area contributed by atoms with Gasteiger partial charge in [-0.15, -0.1) is 0 Å². The van der Waals surface area contributed by atoms with E-state index in [0.29, 0.717) is 12.2 Å². The molecule has 2 aromatic rings. The van der Waals surface area contributed by atoms with Gasteiger partial charge in [0.2, 0.25) is 16.5 Å². The molecule has 0 N–H and O–H groups in total. The molecule has 1 aromatic carbocycles. The molecule has 0 saturated carbocycles. The van der Waals surface area contributed by atoms with Crippen molar-refractivity contribution in [2.24, 2.45) is 0 Å². The Kier molecular flexibility index (Phi) is 3.93. The molecule has 0 aliphatic carbocycles. The molecule has 94 valence electrons. The molecule has 0 fully saturated rings. The van der Waals surface area contributed by atoms with Crippen LogP contribution in [0.1, 0.15) is 6.92 Å². The number of nitrogens with zero attached hydrogens (tertiary/aromatic N) is 4. The van der Waals surface area contributed by atoms with Crippen molar-refractivity contribution in [3.63, 3.8) is 0 Å². The Balaban J connectivity index is 2.48. The lowest BCUT2D eigenvalue weighted by molar-refractivity contribution is 0.624. The first kappa shape index (κ1) is 13.0. The molecule has 0 radical (unpaired) electrons. The number of benzene rings is 1. The molecule has 0 saturated heterocycles. The topological polar surface area (TPSA) is 41.9 Å². The van der Waals surface area contributed by atoms with Gasteiger partial charge < -0.3 is 4.90 Å². The van der Waals surface area contributed by atoms with Crippen LogP contribution in [0.15, 0.2) is 24.3 Å². The lowest BCUT2D eigenvalue weighted by Crippen LogP contribution is -2.20. The number of anilines is 2. The van der Waals surface area contributed by atoms with Crippen molar-refractivity contribution in [2.75, 3.05) is 11.4 Å². The van der Waals surface area contributed by atoms with Crippen LogP contribution >= 0.6 is 23.2 Å². The van der Waals surface area contributed by atoms with Gasteiger partial charge in [-0.1, -0.05) is 12.1 Å². The highest BCUT2D eigenvalue weighted by Gasteiger charge is 2.15. The maximum Gasteiger partial charge on any atom is 0.235 e. The van der Waals surface area contributed by atoms with E-state index in [1.807, 2.05) is 6.92 Å². The van der Waals surface area contributed by atoms with E-state index in [-0.39, 0.29) is 22.3 Å². The van der Waals surface area contributed by atoms with Gasteiger partial charge in [0, 0.05) is 6.54 Å². The zero-order valence-electron chi connectivity index (χ0n) is 9.44. The van der Waals surface area contributed by atoms with Crippen molar-refractivity contribution in [1.29, 1.82) is 0 Å². The molecular formula is C11H9Cl2FN4. The Morgan fingerprint density at radius 1 is 1.11 bits per heavy atom. The minimum absolute atomic E-state index is 0.0280. The molecule has 1 heterocycles. The third kappa shape index (κ3) is 2.68. The quantitative estimate of drug-likeness (QED) is 0.866. The second kappa shape index (κ2) is 5.46. The van der Waals surface area contributed by atoms with Gasteiger partial charge in [-0.2, -0.15) is 15.0 Å². The van der Waals surface area contributed by atoms with Gasteiger partial charge >= 0.3 is 0 Å². The van der Waals surface area contributed by atoms with Gasteiger partial charge in [0.15, 0.2) is 0 Å². The molecule has 0 unspecified atom stereocenters. The van der Waals surface area contributed by atoms with Gasteiger partial charge in [-0.25, -0.2) is 4.39 Å². The van der Waals surface area contributed by atoms with E-state index in [0.717, 1.165) is 0 Å². The molecule has 0 aliphatic rings.